The summed E-state index contributed by atoms with van der Waals surface area (Å²) in [6.07, 6.45) is 0.183. The summed E-state index contributed by atoms with van der Waals surface area (Å²) < 4.78 is 1.34. The molecule has 0 spiro atoms. The normalized spacial score (nSPS) is 11.4. The predicted octanol–water partition coefficient (Wildman–Crippen LogP) is 0.634. The van der Waals surface area contributed by atoms with Gasteiger partial charge in [-0.05, 0) is 13.8 Å². The van der Waals surface area contributed by atoms with Crippen LogP contribution in [-0.4, -0.2) is 26.5 Å². The van der Waals surface area contributed by atoms with E-state index in [1.807, 2.05) is 0 Å². The molecule has 2 N–H and O–H groups in total. The number of nitro groups is 1. The van der Waals surface area contributed by atoms with Gasteiger partial charge in [0.2, 0.25) is 0 Å². The zero-order valence-electron chi connectivity index (χ0n) is 10.9. The zero-order valence-corrected chi connectivity index (χ0v) is 10.9. The van der Waals surface area contributed by atoms with Crippen molar-refractivity contribution >= 4 is 17.5 Å². The molecule has 0 saturated carbocycles. The average Bonchev–Trinajstić information content (AvgIpc) is 2.61. The summed E-state index contributed by atoms with van der Waals surface area (Å²) in [7, 11) is 0. The summed E-state index contributed by atoms with van der Waals surface area (Å²) >= 11 is 0. The van der Waals surface area contributed by atoms with Gasteiger partial charge in [-0.3, -0.25) is 14.8 Å². The molecule has 0 fully saturated rings. The van der Waals surface area contributed by atoms with Gasteiger partial charge in [0.1, 0.15) is 17.9 Å². The Morgan fingerprint density at radius 1 is 1.58 bits per heavy atom. The maximum absolute atomic E-state index is 10.9. The number of oxime groups is 1. The zero-order chi connectivity index (χ0) is 14.6. The minimum Gasteiger partial charge on any atom is -0.383 e. The molecule has 1 heterocycles. The quantitative estimate of drug-likeness (QED) is 0.275. The highest BCUT2D eigenvalue weighted by Crippen LogP contribution is 2.21. The first-order chi connectivity index (χ1) is 8.86. The molecule has 0 aliphatic carbocycles. The molecule has 0 atom stereocenters. The first-order valence-electron chi connectivity index (χ1n) is 5.57. The Bertz CT molecular complexity index is 534. The molecule has 19 heavy (non-hydrogen) atoms. The van der Waals surface area contributed by atoms with Gasteiger partial charge in [0.25, 0.3) is 0 Å². The van der Waals surface area contributed by atoms with Crippen molar-refractivity contribution in [2.75, 3.05) is 0 Å². The van der Waals surface area contributed by atoms with Crippen LogP contribution in [-0.2, 0) is 16.2 Å². The first-order valence-corrected chi connectivity index (χ1v) is 5.57. The Morgan fingerprint density at radius 2 is 2.21 bits per heavy atom. The number of rotatable bonds is 5. The van der Waals surface area contributed by atoms with Crippen LogP contribution in [0.5, 0.6) is 0 Å². The smallest absolute Gasteiger partial charge is 0.334 e. The summed E-state index contributed by atoms with van der Waals surface area (Å²) in [6.45, 7) is 4.73. The Morgan fingerprint density at radius 3 is 2.68 bits per heavy atom. The van der Waals surface area contributed by atoms with Gasteiger partial charge in [0, 0.05) is 6.42 Å². The van der Waals surface area contributed by atoms with Crippen molar-refractivity contribution in [3.05, 3.63) is 21.5 Å². The lowest BCUT2D eigenvalue weighted by Gasteiger charge is -2.02. The van der Waals surface area contributed by atoms with Crippen LogP contribution >= 0.6 is 0 Å². The Labute approximate surface area is 109 Å². The lowest BCUT2D eigenvalue weighted by molar-refractivity contribution is -0.386. The van der Waals surface area contributed by atoms with Crippen LogP contribution in [0.4, 0.5) is 5.69 Å². The van der Waals surface area contributed by atoms with Gasteiger partial charge < -0.3 is 10.6 Å². The number of amidine groups is 1. The largest absolute Gasteiger partial charge is 0.383 e. The van der Waals surface area contributed by atoms with Crippen LogP contribution in [0.3, 0.4) is 0 Å². The molecule has 0 saturated heterocycles. The van der Waals surface area contributed by atoms with Gasteiger partial charge in [-0.1, -0.05) is 12.1 Å². The molecule has 0 aliphatic rings. The fraction of sp³-hybridized carbons (Fsp3) is 0.500. The van der Waals surface area contributed by atoms with Gasteiger partial charge in [-0.15, -0.1) is 0 Å². The summed E-state index contributed by atoms with van der Waals surface area (Å²) in [5.74, 6) is -0.510. The molecule has 0 unspecified atom stereocenters. The third kappa shape index (κ3) is 3.50. The van der Waals surface area contributed by atoms with Crippen molar-refractivity contribution in [2.24, 2.45) is 10.9 Å². The predicted molar refractivity (Wildman–Crippen MR) is 66.4 cm³/mol. The topological polar surface area (TPSA) is 126 Å². The van der Waals surface area contributed by atoms with Crippen LogP contribution < -0.4 is 5.73 Å². The minimum atomic E-state index is -0.512. The molecule has 0 radical (unpaired) electrons. The highest BCUT2D eigenvalue weighted by Gasteiger charge is 2.22. The second-order valence-electron chi connectivity index (χ2n) is 3.83. The van der Waals surface area contributed by atoms with E-state index in [1.165, 1.54) is 11.6 Å². The molecular weight excluding hydrogens is 254 g/mol. The van der Waals surface area contributed by atoms with E-state index >= 15 is 0 Å². The van der Waals surface area contributed by atoms with Gasteiger partial charge in [-0.25, -0.2) is 4.79 Å². The maximum Gasteiger partial charge on any atom is 0.334 e. The summed E-state index contributed by atoms with van der Waals surface area (Å²) in [6, 6.07) is 0. The highest BCUT2D eigenvalue weighted by molar-refractivity contribution is 5.80. The minimum absolute atomic E-state index is 0.00213. The molecule has 0 aromatic carbocycles. The number of carbonyl (C=O) groups excluding carboxylic acids is 1. The summed E-state index contributed by atoms with van der Waals surface area (Å²) in [4.78, 5) is 25.7. The fourth-order valence-electron chi connectivity index (χ4n) is 1.46. The van der Waals surface area contributed by atoms with E-state index in [-0.39, 0.29) is 24.5 Å². The molecular formula is C10H15N5O4. The van der Waals surface area contributed by atoms with E-state index in [2.05, 4.69) is 15.1 Å². The Hall–Kier alpha value is -2.45. The number of aryl methyl sites for hydroxylation is 1. The number of hydrogen-bond acceptors (Lipinski definition) is 6. The van der Waals surface area contributed by atoms with E-state index < -0.39 is 10.9 Å². The molecule has 104 valence electrons. The van der Waals surface area contributed by atoms with Crippen LogP contribution in [0.2, 0.25) is 0 Å². The molecule has 0 aliphatic heterocycles. The van der Waals surface area contributed by atoms with Crippen LogP contribution in [0, 0.1) is 24.0 Å². The van der Waals surface area contributed by atoms with E-state index in [0.717, 1.165) is 0 Å². The third-order valence-electron chi connectivity index (χ3n) is 2.39. The maximum atomic E-state index is 10.9. The van der Waals surface area contributed by atoms with Gasteiger partial charge in [0.05, 0.1) is 4.92 Å². The lowest BCUT2D eigenvalue weighted by Crippen LogP contribution is -2.22. The van der Waals surface area contributed by atoms with Gasteiger partial charge >= 0.3 is 11.7 Å². The van der Waals surface area contributed by atoms with Crippen molar-refractivity contribution in [3.8, 4) is 0 Å². The first kappa shape index (κ1) is 14.6. The summed E-state index contributed by atoms with van der Waals surface area (Å²) in [5, 5.41) is 18.2. The number of hydrogen-bond donors (Lipinski definition) is 1. The van der Waals surface area contributed by atoms with Crippen LogP contribution in [0.1, 0.15) is 24.7 Å². The van der Waals surface area contributed by atoms with Crippen molar-refractivity contribution in [2.45, 2.75) is 33.7 Å². The molecule has 9 heteroatoms. The second-order valence-corrected chi connectivity index (χ2v) is 3.83. The molecule has 1 aromatic heterocycles. The lowest BCUT2D eigenvalue weighted by atomic mass is 10.3. The molecule has 1 rings (SSSR count). The second kappa shape index (κ2) is 5.94. The van der Waals surface area contributed by atoms with Crippen molar-refractivity contribution < 1.29 is 14.6 Å². The fourth-order valence-corrected chi connectivity index (χ4v) is 1.46. The number of nitrogens with two attached hydrogens (primary N) is 1. The Kier molecular flexibility index (Phi) is 4.56. The Balaban J connectivity index is 2.86. The third-order valence-corrected chi connectivity index (χ3v) is 2.39. The van der Waals surface area contributed by atoms with Crippen molar-refractivity contribution in [1.29, 1.82) is 0 Å². The average molecular weight is 269 g/mol. The number of nitrogens with zero attached hydrogens (tertiary/aromatic N) is 4. The van der Waals surface area contributed by atoms with Crippen molar-refractivity contribution in [3.63, 3.8) is 0 Å². The van der Waals surface area contributed by atoms with Crippen LogP contribution in [0.15, 0.2) is 5.16 Å². The van der Waals surface area contributed by atoms with E-state index in [1.54, 1.807) is 13.8 Å². The number of carbonyl (C=O) groups is 1. The van der Waals surface area contributed by atoms with Gasteiger partial charge in [0.15, 0.2) is 5.84 Å². The van der Waals surface area contributed by atoms with E-state index in [4.69, 9.17) is 5.73 Å². The standard InChI is InChI=1S/C10H15N5O4/c1-4-9(16)19-13-8(11)5-14-7(3)10(15(17)18)6(2)12-14/h4-5H2,1-3H3,(H2,11,13). The molecule has 0 amide bonds. The van der Waals surface area contributed by atoms with Crippen LogP contribution in [0.25, 0.3) is 0 Å². The van der Waals surface area contributed by atoms with Crippen molar-refractivity contribution in [1.82, 2.24) is 9.78 Å². The van der Waals surface area contributed by atoms with E-state index in [9.17, 15) is 14.9 Å². The van der Waals surface area contributed by atoms with Gasteiger partial charge in [-0.2, -0.15) is 5.10 Å². The monoisotopic (exact) mass is 269 g/mol. The van der Waals surface area contributed by atoms with E-state index in [0.29, 0.717) is 11.4 Å². The molecule has 0 bridgehead atoms. The summed E-state index contributed by atoms with van der Waals surface area (Å²) in [5.41, 5.74) is 6.15. The molecule has 1 aromatic rings. The number of aromatic nitrogens is 2. The highest BCUT2D eigenvalue weighted by atomic mass is 16.7. The SMILES string of the molecule is CCC(=O)O/N=C(/N)Cn1nc(C)c([N+](=O)[O-])c1C. The molecule has 9 nitrogen and oxygen atoms in total.